The van der Waals surface area contributed by atoms with Crippen LogP contribution in [-0.4, -0.2) is 28.4 Å². The molecule has 0 fully saturated rings. The van der Waals surface area contributed by atoms with Crippen molar-refractivity contribution in [2.24, 2.45) is 0 Å². The van der Waals surface area contributed by atoms with Crippen LogP contribution in [0.4, 0.5) is 5.13 Å². The summed E-state index contributed by atoms with van der Waals surface area (Å²) in [7, 11) is 0. The molecule has 0 saturated carbocycles. The maximum Gasteiger partial charge on any atom is 0.245 e. The van der Waals surface area contributed by atoms with Crippen LogP contribution in [-0.2, 0) is 11.3 Å². The molecular formula is C17H18ClN3OS2. The highest BCUT2D eigenvalue weighted by Gasteiger charge is 2.21. The summed E-state index contributed by atoms with van der Waals surface area (Å²) in [4.78, 5) is 20.2. The van der Waals surface area contributed by atoms with Crippen molar-refractivity contribution in [3.63, 3.8) is 0 Å². The first kappa shape index (κ1) is 17.2. The van der Waals surface area contributed by atoms with Crippen molar-refractivity contribution >= 4 is 55.5 Å². The zero-order valence-electron chi connectivity index (χ0n) is 13.5. The van der Waals surface area contributed by atoms with Crippen LogP contribution in [0.3, 0.4) is 0 Å². The van der Waals surface area contributed by atoms with Crippen LogP contribution in [0.1, 0.15) is 18.7 Å². The average Bonchev–Trinajstić information content (AvgIpc) is 3.17. The number of aromatic nitrogens is 1. The number of thiazole rings is 1. The molecule has 7 heteroatoms. The van der Waals surface area contributed by atoms with Crippen molar-refractivity contribution < 1.29 is 4.79 Å². The Labute approximate surface area is 154 Å². The first-order chi connectivity index (χ1) is 11.6. The molecule has 1 unspecified atom stereocenters. The zero-order chi connectivity index (χ0) is 17.1. The van der Waals surface area contributed by atoms with Crippen molar-refractivity contribution in [1.82, 2.24) is 9.88 Å². The summed E-state index contributed by atoms with van der Waals surface area (Å²) in [6.07, 6.45) is 0. The number of rotatable bonds is 6. The molecule has 1 atom stereocenters. The molecule has 1 N–H and O–H groups in total. The van der Waals surface area contributed by atoms with E-state index in [9.17, 15) is 4.79 Å². The summed E-state index contributed by atoms with van der Waals surface area (Å²) >= 11 is 9.04. The van der Waals surface area contributed by atoms with Gasteiger partial charge in [0.25, 0.3) is 0 Å². The summed E-state index contributed by atoms with van der Waals surface area (Å²) in [5.41, 5.74) is 0.949. The molecule has 2 aromatic heterocycles. The summed E-state index contributed by atoms with van der Waals surface area (Å²) in [6.45, 7) is 5.09. The Bertz CT molecular complexity index is 812. The summed E-state index contributed by atoms with van der Waals surface area (Å²) in [5, 5.41) is 4.00. The normalized spacial score (nSPS) is 12.3. The lowest BCUT2D eigenvalue weighted by Gasteiger charge is -2.24. The van der Waals surface area contributed by atoms with E-state index in [1.807, 2.05) is 55.1 Å². The van der Waals surface area contributed by atoms with Crippen LogP contribution in [0, 0.1) is 0 Å². The number of carbonyl (C=O) groups excluding carboxylic acids is 1. The van der Waals surface area contributed by atoms with Gasteiger partial charge in [0, 0.05) is 11.4 Å². The van der Waals surface area contributed by atoms with Crippen LogP contribution in [0.15, 0.2) is 36.4 Å². The van der Waals surface area contributed by atoms with Crippen LogP contribution in [0.5, 0.6) is 0 Å². The van der Waals surface area contributed by atoms with Crippen LogP contribution < -0.4 is 5.32 Å². The predicted octanol–water partition coefficient (Wildman–Crippen LogP) is 4.86. The van der Waals surface area contributed by atoms with Crippen LogP contribution in [0.2, 0.25) is 4.34 Å². The highest BCUT2D eigenvalue weighted by Crippen LogP contribution is 2.26. The number of hydrogen-bond acceptors (Lipinski definition) is 5. The van der Waals surface area contributed by atoms with Gasteiger partial charge >= 0.3 is 0 Å². The van der Waals surface area contributed by atoms with E-state index in [4.69, 9.17) is 11.6 Å². The molecule has 126 valence electrons. The topological polar surface area (TPSA) is 45.2 Å². The smallest absolute Gasteiger partial charge is 0.245 e. The third kappa shape index (κ3) is 3.88. The quantitative estimate of drug-likeness (QED) is 0.665. The number of nitrogens with zero attached hydrogens (tertiary/aromatic N) is 2. The summed E-state index contributed by atoms with van der Waals surface area (Å²) in [6, 6.07) is 11.5. The first-order valence-corrected chi connectivity index (χ1v) is 9.73. The largest absolute Gasteiger partial charge is 0.350 e. The lowest BCUT2D eigenvalue weighted by atomic mass is 10.2. The molecule has 3 rings (SSSR count). The van der Waals surface area contributed by atoms with E-state index >= 15 is 0 Å². The lowest BCUT2D eigenvalue weighted by Crippen LogP contribution is -2.40. The van der Waals surface area contributed by atoms with E-state index < -0.39 is 0 Å². The molecule has 0 aliphatic rings. The number of fused-ring (bicyclic) bond motifs is 1. The molecule has 2 heterocycles. The zero-order valence-corrected chi connectivity index (χ0v) is 15.8. The second kappa shape index (κ2) is 7.51. The van der Waals surface area contributed by atoms with E-state index in [0.717, 1.165) is 24.6 Å². The number of anilines is 1. The van der Waals surface area contributed by atoms with E-state index in [-0.39, 0.29) is 11.9 Å². The Morgan fingerprint density at radius 1 is 1.29 bits per heavy atom. The molecule has 4 nitrogen and oxygen atoms in total. The van der Waals surface area contributed by atoms with Crippen molar-refractivity contribution in [2.75, 3.05) is 11.9 Å². The number of amides is 1. The SMILES string of the molecule is CCN(Cc1ccc(Cl)s1)C(=O)C(C)Nc1nc2ccccc2s1. The monoisotopic (exact) mass is 379 g/mol. The van der Waals surface area contributed by atoms with Gasteiger partial charge in [-0.1, -0.05) is 35.1 Å². The van der Waals surface area contributed by atoms with Gasteiger partial charge in [0.05, 0.1) is 21.1 Å². The Hall–Kier alpha value is -1.63. The second-order valence-electron chi connectivity index (χ2n) is 5.41. The van der Waals surface area contributed by atoms with E-state index in [1.165, 1.54) is 11.3 Å². The Kier molecular flexibility index (Phi) is 5.38. The Balaban J connectivity index is 1.67. The fourth-order valence-corrected chi connectivity index (χ4v) is 4.48. The van der Waals surface area contributed by atoms with Crippen LogP contribution in [0.25, 0.3) is 10.2 Å². The number of thiophene rings is 1. The number of halogens is 1. The maximum absolute atomic E-state index is 12.7. The number of hydrogen-bond donors (Lipinski definition) is 1. The number of nitrogens with one attached hydrogen (secondary N) is 1. The third-order valence-electron chi connectivity index (χ3n) is 3.67. The fourth-order valence-electron chi connectivity index (χ4n) is 2.43. The summed E-state index contributed by atoms with van der Waals surface area (Å²) < 4.78 is 1.86. The summed E-state index contributed by atoms with van der Waals surface area (Å²) in [5.74, 6) is 0.0567. The van der Waals surface area contributed by atoms with Crippen molar-refractivity contribution in [2.45, 2.75) is 26.4 Å². The first-order valence-electron chi connectivity index (χ1n) is 7.72. The standard InChI is InChI=1S/C17H18ClN3OS2/c1-3-21(10-12-8-9-15(18)23-12)16(22)11(2)19-17-20-13-6-4-5-7-14(13)24-17/h4-9,11H,3,10H2,1-2H3,(H,19,20). The van der Waals surface area contributed by atoms with Crippen molar-refractivity contribution in [3.05, 3.63) is 45.6 Å². The molecule has 3 aromatic rings. The van der Waals surface area contributed by atoms with Crippen LogP contribution >= 0.6 is 34.3 Å². The molecule has 1 aromatic carbocycles. The molecule has 0 aliphatic heterocycles. The lowest BCUT2D eigenvalue weighted by molar-refractivity contribution is -0.132. The number of benzene rings is 1. The highest BCUT2D eigenvalue weighted by molar-refractivity contribution is 7.22. The van der Waals surface area contributed by atoms with Crippen molar-refractivity contribution in [1.29, 1.82) is 0 Å². The van der Waals surface area contributed by atoms with E-state index in [2.05, 4.69) is 10.3 Å². The minimum Gasteiger partial charge on any atom is -0.350 e. The Morgan fingerprint density at radius 3 is 2.75 bits per heavy atom. The fraction of sp³-hybridized carbons (Fsp3) is 0.294. The molecule has 0 radical (unpaired) electrons. The van der Waals surface area contributed by atoms with E-state index in [0.29, 0.717) is 13.1 Å². The Morgan fingerprint density at radius 2 is 2.08 bits per heavy atom. The van der Waals surface area contributed by atoms with Gasteiger partial charge in [-0.25, -0.2) is 4.98 Å². The van der Waals surface area contributed by atoms with Crippen molar-refractivity contribution in [3.8, 4) is 0 Å². The minimum atomic E-state index is -0.332. The predicted molar refractivity (Wildman–Crippen MR) is 103 cm³/mol. The molecule has 0 bridgehead atoms. The molecular weight excluding hydrogens is 362 g/mol. The molecule has 0 aliphatic carbocycles. The van der Waals surface area contributed by atoms with Gasteiger partial charge in [-0.05, 0) is 38.1 Å². The maximum atomic E-state index is 12.7. The van der Waals surface area contributed by atoms with Gasteiger partial charge in [0.15, 0.2) is 5.13 Å². The number of para-hydroxylation sites is 1. The van der Waals surface area contributed by atoms with Gasteiger partial charge in [0.2, 0.25) is 5.91 Å². The van der Waals surface area contributed by atoms with Gasteiger partial charge in [0.1, 0.15) is 6.04 Å². The number of carbonyl (C=O) groups is 1. The highest BCUT2D eigenvalue weighted by atomic mass is 35.5. The van der Waals surface area contributed by atoms with Gasteiger partial charge in [-0.2, -0.15) is 0 Å². The molecule has 0 spiro atoms. The second-order valence-corrected chi connectivity index (χ2v) is 8.24. The van der Waals surface area contributed by atoms with E-state index in [1.54, 1.807) is 11.3 Å². The average molecular weight is 380 g/mol. The minimum absolute atomic E-state index is 0.0567. The molecule has 0 saturated heterocycles. The number of likely N-dealkylation sites (N-methyl/N-ethyl adjacent to an activating group) is 1. The van der Waals surface area contributed by atoms with Gasteiger partial charge < -0.3 is 10.2 Å². The molecule has 24 heavy (non-hydrogen) atoms. The third-order valence-corrected chi connectivity index (χ3v) is 5.86. The van der Waals surface area contributed by atoms with Gasteiger partial charge in [-0.3, -0.25) is 4.79 Å². The van der Waals surface area contributed by atoms with Gasteiger partial charge in [-0.15, -0.1) is 11.3 Å². The molecule has 1 amide bonds.